The molecule has 0 aliphatic rings. The Morgan fingerprint density at radius 3 is 2.81 bits per heavy atom. The summed E-state index contributed by atoms with van der Waals surface area (Å²) in [5.74, 6) is 2.06. The summed E-state index contributed by atoms with van der Waals surface area (Å²) in [4.78, 5) is 7.89. The minimum absolute atomic E-state index is 0.825. The van der Waals surface area contributed by atoms with E-state index in [0.717, 1.165) is 49.8 Å². The molecule has 0 spiro atoms. The summed E-state index contributed by atoms with van der Waals surface area (Å²) < 4.78 is 5.87. The molecule has 1 N–H and O–H groups in total. The highest BCUT2D eigenvalue weighted by molar-refractivity contribution is 7.09. The molecule has 0 amide bonds. The van der Waals surface area contributed by atoms with Crippen molar-refractivity contribution in [3.63, 3.8) is 0 Å². The van der Waals surface area contributed by atoms with Crippen LogP contribution in [0.2, 0.25) is 0 Å². The van der Waals surface area contributed by atoms with Gasteiger partial charge < -0.3 is 9.73 Å². The third-order valence-electron chi connectivity index (χ3n) is 3.50. The fourth-order valence-corrected chi connectivity index (χ4v) is 3.14. The van der Waals surface area contributed by atoms with E-state index in [1.807, 2.05) is 12.4 Å². The van der Waals surface area contributed by atoms with E-state index in [-0.39, 0.29) is 0 Å². The third kappa shape index (κ3) is 4.66. The van der Waals surface area contributed by atoms with Crippen LogP contribution in [0.4, 0.5) is 0 Å². The molecule has 0 aliphatic heterocycles. The van der Waals surface area contributed by atoms with Crippen molar-refractivity contribution in [3.8, 4) is 0 Å². The van der Waals surface area contributed by atoms with Gasteiger partial charge in [0.1, 0.15) is 11.5 Å². The average molecular weight is 307 g/mol. The average Bonchev–Trinajstić information content (AvgIpc) is 2.97. The molecule has 0 saturated carbocycles. The molecule has 0 aromatic carbocycles. The smallest absolute Gasteiger partial charge is 0.118 e. The molecule has 0 atom stereocenters. The quantitative estimate of drug-likeness (QED) is 0.758. The second-order valence-corrected chi connectivity index (χ2v) is 6.44. The molecule has 0 bridgehead atoms. The van der Waals surface area contributed by atoms with Gasteiger partial charge in [0.15, 0.2) is 0 Å². The van der Waals surface area contributed by atoms with Crippen molar-refractivity contribution in [2.75, 3.05) is 13.6 Å². The van der Waals surface area contributed by atoms with Crippen LogP contribution >= 0.6 is 11.3 Å². The molecule has 0 unspecified atom stereocenters. The molecule has 4 nitrogen and oxygen atoms in total. The summed E-state index contributed by atoms with van der Waals surface area (Å²) in [6, 6.07) is 2.17. The van der Waals surface area contributed by atoms with E-state index in [4.69, 9.17) is 4.42 Å². The highest BCUT2D eigenvalue weighted by atomic mass is 32.1. The van der Waals surface area contributed by atoms with Gasteiger partial charge in [-0.25, -0.2) is 4.98 Å². The van der Waals surface area contributed by atoms with Crippen LogP contribution in [0, 0.1) is 13.8 Å². The Kier molecular flexibility index (Phi) is 5.96. The second-order valence-electron chi connectivity index (χ2n) is 5.50. The summed E-state index contributed by atoms with van der Waals surface area (Å²) in [6.07, 6.45) is 1.15. The number of hydrogen-bond acceptors (Lipinski definition) is 5. The van der Waals surface area contributed by atoms with Crippen molar-refractivity contribution in [2.24, 2.45) is 0 Å². The van der Waals surface area contributed by atoms with E-state index >= 15 is 0 Å². The minimum Gasteiger partial charge on any atom is -0.465 e. The lowest BCUT2D eigenvalue weighted by molar-refractivity contribution is 0.286. The molecule has 2 aromatic rings. The zero-order chi connectivity index (χ0) is 15.2. The van der Waals surface area contributed by atoms with Gasteiger partial charge in [0.2, 0.25) is 0 Å². The fraction of sp³-hybridized carbons (Fsp3) is 0.562. The van der Waals surface area contributed by atoms with Gasteiger partial charge in [-0.15, -0.1) is 11.3 Å². The molecule has 21 heavy (non-hydrogen) atoms. The molecule has 0 fully saturated rings. The molecule has 0 aliphatic carbocycles. The molecular formula is C16H25N3OS. The number of aryl methyl sites for hydroxylation is 2. The molecule has 2 aromatic heterocycles. The van der Waals surface area contributed by atoms with Gasteiger partial charge in [-0.2, -0.15) is 0 Å². The maximum absolute atomic E-state index is 5.87. The third-order valence-corrected chi connectivity index (χ3v) is 4.42. The van der Waals surface area contributed by atoms with Crippen molar-refractivity contribution in [1.29, 1.82) is 0 Å². The first-order valence-electron chi connectivity index (χ1n) is 7.46. The summed E-state index contributed by atoms with van der Waals surface area (Å²) >= 11 is 1.72. The van der Waals surface area contributed by atoms with E-state index in [1.54, 1.807) is 11.3 Å². The van der Waals surface area contributed by atoms with Crippen LogP contribution in [0.5, 0.6) is 0 Å². The molecular weight excluding hydrogens is 282 g/mol. The summed E-state index contributed by atoms with van der Waals surface area (Å²) in [5.41, 5.74) is 4.31. The molecule has 2 rings (SSSR count). The first-order valence-corrected chi connectivity index (χ1v) is 8.34. The number of thiazole rings is 1. The lowest BCUT2D eigenvalue weighted by Gasteiger charge is -2.14. The van der Waals surface area contributed by atoms with E-state index in [9.17, 15) is 0 Å². The van der Waals surface area contributed by atoms with Crippen LogP contribution in [0.3, 0.4) is 0 Å². The van der Waals surface area contributed by atoms with Gasteiger partial charge >= 0.3 is 0 Å². The van der Waals surface area contributed by atoms with E-state index in [0.29, 0.717) is 0 Å². The highest BCUT2D eigenvalue weighted by Crippen LogP contribution is 2.19. The van der Waals surface area contributed by atoms with Crippen LogP contribution in [0.25, 0.3) is 0 Å². The predicted octanol–water partition coefficient (Wildman–Crippen LogP) is 3.48. The van der Waals surface area contributed by atoms with Crippen LogP contribution < -0.4 is 5.32 Å². The van der Waals surface area contributed by atoms with Crippen molar-refractivity contribution in [3.05, 3.63) is 39.2 Å². The van der Waals surface area contributed by atoms with Crippen molar-refractivity contribution >= 4 is 11.3 Å². The minimum atomic E-state index is 0.825. The van der Waals surface area contributed by atoms with Gasteiger partial charge in [0.25, 0.3) is 0 Å². The molecule has 2 heterocycles. The SMILES string of the molecule is CCCNCc1cc(CN(C)Cc2scnc2C)oc1C. The van der Waals surface area contributed by atoms with Crippen LogP contribution in [-0.4, -0.2) is 23.5 Å². The zero-order valence-electron chi connectivity index (χ0n) is 13.4. The Morgan fingerprint density at radius 1 is 1.33 bits per heavy atom. The monoisotopic (exact) mass is 307 g/mol. The van der Waals surface area contributed by atoms with Gasteiger partial charge in [-0.05, 0) is 39.9 Å². The molecule has 116 valence electrons. The number of aromatic nitrogens is 1. The first kappa shape index (κ1) is 16.2. The Balaban J connectivity index is 1.90. The molecule has 0 saturated heterocycles. The van der Waals surface area contributed by atoms with Crippen molar-refractivity contribution in [1.82, 2.24) is 15.2 Å². The summed E-state index contributed by atoms with van der Waals surface area (Å²) in [7, 11) is 2.12. The largest absolute Gasteiger partial charge is 0.465 e. The van der Waals surface area contributed by atoms with Gasteiger partial charge in [0.05, 0.1) is 17.7 Å². The van der Waals surface area contributed by atoms with Crippen molar-refractivity contribution < 1.29 is 4.42 Å². The Morgan fingerprint density at radius 2 is 2.14 bits per heavy atom. The van der Waals surface area contributed by atoms with E-state index < -0.39 is 0 Å². The summed E-state index contributed by atoms with van der Waals surface area (Å²) in [6.45, 7) is 9.96. The normalized spacial score (nSPS) is 11.5. The highest BCUT2D eigenvalue weighted by Gasteiger charge is 2.11. The molecule has 0 radical (unpaired) electrons. The number of nitrogens with zero attached hydrogens (tertiary/aromatic N) is 2. The Labute approximate surface area is 131 Å². The number of nitrogens with one attached hydrogen (secondary N) is 1. The van der Waals surface area contributed by atoms with Gasteiger partial charge in [-0.3, -0.25) is 4.90 Å². The lowest BCUT2D eigenvalue weighted by atomic mass is 10.2. The van der Waals surface area contributed by atoms with Gasteiger partial charge in [-0.1, -0.05) is 6.92 Å². The van der Waals surface area contributed by atoms with E-state index in [1.165, 1.54) is 10.4 Å². The first-order chi connectivity index (χ1) is 10.1. The van der Waals surface area contributed by atoms with Crippen LogP contribution in [0.15, 0.2) is 16.0 Å². The topological polar surface area (TPSA) is 41.3 Å². The standard InChI is InChI=1S/C16H25N3OS/c1-5-6-17-8-14-7-15(20-13(14)3)9-19(4)10-16-12(2)18-11-21-16/h7,11,17H,5-6,8-10H2,1-4H3. The van der Waals surface area contributed by atoms with Crippen LogP contribution in [-0.2, 0) is 19.6 Å². The predicted molar refractivity (Wildman–Crippen MR) is 87.5 cm³/mol. The molecule has 5 heteroatoms. The second kappa shape index (κ2) is 7.73. The maximum Gasteiger partial charge on any atom is 0.118 e. The Bertz CT molecular complexity index is 562. The summed E-state index contributed by atoms with van der Waals surface area (Å²) in [5, 5.41) is 3.42. The van der Waals surface area contributed by atoms with Gasteiger partial charge in [0, 0.05) is 23.5 Å². The fourth-order valence-electron chi connectivity index (χ4n) is 2.29. The number of rotatable bonds is 8. The maximum atomic E-state index is 5.87. The van der Waals surface area contributed by atoms with E-state index in [2.05, 4.69) is 42.2 Å². The number of hydrogen-bond donors (Lipinski definition) is 1. The zero-order valence-corrected chi connectivity index (χ0v) is 14.2. The lowest BCUT2D eigenvalue weighted by Crippen LogP contribution is -2.16. The number of furan rings is 1. The Hall–Kier alpha value is -1.17. The van der Waals surface area contributed by atoms with Crippen molar-refractivity contribution in [2.45, 2.75) is 46.8 Å². The van der Waals surface area contributed by atoms with Crippen LogP contribution in [0.1, 0.15) is 41.0 Å².